The number of nitrogens with zero attached hydrogens (tertiary/aromatic N) is 1. The molecule has 2 atom stereocenters. The van der Waals surface area contributed by atoms with Crippen LogP contribution in [0.1, 0.15) is 34.1 Å². The van der Waals surface area contributed by atoms with Crippen molar-refractivity contribution in [2.24, 2.45) is 5.41 Å². The van der Waals surface area contributed by atoms with Gasteiger partial charge in [0.2, 0.25) is 5.91 Å². The Kier molecular flexibility index (Phi) is 5.15. The van der Waals surface area contributed by atoms with Crippen molar-refractivity contribution in [3.05, 3.63) is 0 Å². The van der Waals surface area contributed by atoms with E-state index in [1.54, 1.807) is 14.0 Å². The number of amides is 3. The third-order valence-corrected chi connectivity index (χ3v) is 4.74. The summed E-state index contributed by atoms with van der Waals surface area (Å²) in [5.41, 5.74) is -0.204. The lowest BCUT2D eigenvalue weighted by Gasteiger charge is -2.61. The van der Waals surface area contributed by atoms with E-state index < -0.39 is 6.03 Å². The lowest BCUT2D eigenvalue weighted by atomic mass is 9.55. The third-order valence-electron chi connectivity index (χ3n) is 4.74. The lowest BCUT2D eigenvalue weighted by molar-refractivity contribution is -0.205. The second kappa shape index (κ2) is 6.10. The summed E-state index contributed by atoms with van der Waals surface area (Å²) >= 11 is 0. The largest absolute Gasteiger partial charge is 0.378 e. The van der Waals surface area contributed by atoms with Crippen LogP contribution in [0.25, 0.3) is 0 Å². The summed E-state index contributed by atoms with van der Waals surface area (Å²) in [5, 5.41) is 4.85. The second-order valence-electron chi connectivity index (χ2n) is 6.20. The van der Waals surface area contributed by atoms with Crippen LogP contribution < -0.4 is 10.6 Å². The zero-order valence-corrected chi connectivity index (χ0v) is 13.4. The molecule has 0 aromatic rings. The van der Waals surface area contributed by atoms with Gasteiger partial charge in [0.15, 0.2) is 0 Å². The van der Waals surface area contributed by atoms with Gasteiger partial charge in [0.05, 0.1) is 12.1 Å². The molecule has 3 amide bonds. The van der Waals surface area contributed by atoms with Gasteiger partial charge in [-0.2, -0.15) is 0 Å². The maximum atomic E-state index is 11.8. The normalized spacial score (nSPS) is 27.9. The van der Waals surface area contributed by atoms with Crippen LogP contribution in [-0.2, 0) is 9.53 Å². The van der Waals surface area contributed by atoms with Gasteiger partial charge < -0.3 is 10.1 Å². The Morgan fingerprint density at radius 2 is 1.95 bits per heavy atom. The molecule has 0 saturated heterocycles. The highest BCUT2D eigenvalue weighted by molar-refractivity contribution is 5.95. The van der Waals surface area contributed by atoms with E-state index in [9.17, 15) is 9.59 Å². The van der Waals surface area contributed by atoms with Gasteiger partial charge in [-0.3, -0.25) is 15.0 Å². The highest BCUT2D eigenvalue weighted by atomic mass is 16.5. The van der Waals surface area contributed by atoms with E-state index in [0.29, 0.717) is 6.54 Å². The fraction of sp³-hybridized carbons (Fsp3) is 0.857. The van der Waals surface area contributed by atoms with Gasteiger partial charge in [-0.15, -0.1) is 0 Å². The van der Waals surface area contributed by atoms with Crippen molar-refractivity contribution in [2.45, 2.75) is 45.8 Å². The molecule has 0 spiro atoms. The molecule has 2 N–H and O–H groups in total. The molecule has 1 aliphatic carbocycles. The number of carbonyl (C=O) groups excluding carboxylic acids is 2. The monoisotopic (exact) mass is 285 g/mol. The predicted molar refractivity (Wildman–Crippen MR) is 77.4 cm³/mol. The van der Waals surface area contributed by atoms with Crippen LogP contribution in [0, 0.1) is 5.41 Å². The van der Waals surface area contributed by atoms with Gasteiger partial charge in [-0.25, -0.2) is 4.79 Å². The zero-order valence-electron chi connectivity index (χ0n) is 13.4. The first-order valence-corrected chi connectivity index (χ1v) is 7.01. The number of nitrogens with one attached hydrogen (secondary N) is 2. The molecule has 2 unspecified atom stereocenters. The average Bonchev–Trinajstić information content (AvgIpc) is 2.34. The Morgan fingerprint density at radius 1 is 1.35 bits per heavy atom. The van der Waals surface area contributed by atoms with Crippen LogP contribution in [0.15, 0.2) is 0 Å². The number of methoxy groups -OCH3 is 1. The predicted octanol–water partition coefficient (Wildman–Crippen LogP) is 0.968. The van der Waals surface area contributed by atoms with Crippen LogP contribution in [0.3, 0.4) is 0 Å². The summed E-state index contributed by atoms with van der Waals surface area (Å²) < 4.78 is 5.58. The summed E-state index contributed by atoms with van der Waals surface area (Å²) in [4.78, 5) is 25.0. The summed E-state index contributed by atoms with van der Waals surface area (Å²) in [7, 11) is 3.62. The van der Waals surface area contributed by atoms with Crippen LogP contribution in [-0.4, -0.2) is 55.7 Å². The highest BCUT2D eigenvalue weighted by Crippen LogP contribution is 2.53. The number of urea groups is 1. The highest BCUT2D eigenvalue weighted by Gasteiger charge is 2.59. The minimum atomic E-state index is -0.444. The van der Waals surface area contributed by atoms with E-state index in [4.69, 9.17) is 4.74 Å². The van der Waals surface area contributed by atoms with E-state index in [2.05, 4.69) is 31.4 Å². The molecule has 1 rings (SSSR count). The topological polar surface area (TPSA) is 70.7 Å². The van der Waals surface area contributed by atoms with Crippen molar-refractivity contribution < 1.29 is 14.3 Å². The van der Waals surface area contributed by atoms with Gasteiger partial charge in [-0.1, -0.05) is 13.8 Å². The number of carbonyl (C=O) groups is 2. The van der Waals surface area contributed by atoms with Crippen LogP contribution in [0.5, 0.6) is 0 Å². The average molecular weight is 285 g/mol. The zero-order chi connectivity index (χ0) is 15.6. The molecule has 0 radical (unpaired) electrons. The minimum Gasteiger partial charge on any atom is -0.378 e. The quantitative estimate of drug-likeness (QED) is 0.789. The number of imide groups is 1. The molecular formula is C14H27N3O3. The molecule has 0 aromatic carbocycles. The molecule has 20 heavy (non-hydrogen) atoms. The van der Waals surface area contributed by atoms with Gasteiger partial charge in [-0.05, 0) is 27.3 Å². The number of likely N-dealkylation sites (N-methyl/N-ethyl adjacent to an activating group) is 1. The first-order chi connectivity index (χ1) is 9.17. The Hall–Kier alpha value is -1.14. The molecule has 0 heterocycles. The van der Waals surface area contributed by atoms with Crippen molar-refractivity contribution in [2.75, 3.05) is 27.2 Å². The summed E-state index contributed by atoms with van der Waals surface area (Å²) in [6.07, 6.45) is 0.876. The number of hydrogen-bond donors (Lipinski definition) is 2. The Morgan fingerprint density at radius 3 is 2.40 bits per heavy atom. The molecular weight excluding hydrogens is 258 g/mol. The lowest BCUT2D eigenvalue weighted by Crippen LogP contribution is -2.68. The SMILES string of the molecule is CCNC(=O)NC(=O)CN(C)C1CC(C)(OC)C1(C)C. The minimum absolute atomic E-state index is 0.0392. The first-order valence-electron chi connectivity index (χ1n) is 7.01. The van der Waals surface area contributed by atoms with Crippen molar-refractivity contribution in [3.63, 3.8) is 0 Å². The maximum Gasteiger partial charge on any atom is 0.321 e. The van der Waals surface area contributed by atoms with Crippen LogP contribution in [0.2, 0.25) is 0 Å². The Bertz CT molecular complexity index is 384. The van der Waals surface area contributed by atoms with E-state index in [-0.39, 0.29) is 29.5 Å². The fourth-order valence-electron chi connectivity index (χ4n) is 2.87. The molecule has 1 fully saturated rings. The second-order valence-corrected chi connectivity index (χ2v) is 6.20. The Balaban J connectivity index is 2.51. The summed E-state index contributed by atoms with van der Waals surface area (Å²) in [6, 6.07) is -0.187. The van der Waals surface area contributed by atoms with Gasteiger partial charge in [0.1, 0.15) is 0 Å². The van der Waals surface area contributed by atoms with Crippen LogP contribution in [0.4, 0.5) is 4.79 Å². The van der Waals surface area contributed by atoms with Crippen molar-refractivity contribution in [1.82, 2.24) is 15.5 Å². The molecule has 6 nitrogen and oxygen atoms in total. The molecule has 1 saturated carbocycles. The summed E-state index contributed by atoms with van der Waals surface area (Å²) in [6.45, 7) is 8.87. The molecule has 6 heteroatoms. The van der Waals surface area contributed by atoms with E-state index in [0.717, 1.165) is 6.42 Å². The van der Waals surface area contributed by atoms with Gasteiger partial charge in [0, 0.05) is 25.1 Å². The maximum absolute atomic E-state index is 11.8. The standard InChI is InChI=1S/C14H27N3O3/c1-7-15-12(19)16-11(18)9-17(5)10-8-14(4,20-6)13(10,2)3/h10H,7-9H2,1-6H3,(H2,15,16,18,19). The molecule has 116 valence electrons. The summed E-state index contributed by atoms with van der Waals surface area (Å²) in [5.74, 6) is -0.291. The number of hydrogen-bond acceptors (Lipinski definition) is 4. The number of ether oxygens (including phenoxy) is 1. The fourth-order valence-corrected chi connectivity index (χ4v) is 2.87. The smallest absolute Gasteiger partial charge is 0.321 e. The molecule has 0 aromatic heterocycles. The third kappa shape index (κ3) is 3.12. The molecule has 0 bridgehead atoms. The first kappa shape index (κ1) is 16.9. The van der Waals surface area contributed by atoms with Crippen molar-refractivity contribution >= 4 is 11.9 Å². The van der Waals surface area contributed by atoms with Crippen molar-refractivity contribution in [1.29, 1.82) is 0 Å². The van der Waals surface area contributed by atoms with Gasteiger partial charge >= 0.3 is 6.03 Å². The van der Waals surface area contributed by atoms with E-state index in [1.165, 1.54) is 0 Å². The molecule has 0 aliphatic heterocycles. The number of rotatable bonds is 5. The van der Waals surface area contributed by atoms with Crippen molar-refractivity contribution in [3.8, 4) is 0 Å². The van der Waals surface area contributed by atoms with E-state index >= 15 is 0 Å². The molecule has 1 aliphatic rings. The van der Waals surface area contributed by atoms with Gasteiger partial charge in [0.25, 0.3) is 0 Å². The van der Waals surface area contributed by atoms with E-state index in [1.807, 2.05) is 11.9 Å². The Labute approximate surface area is 121 Å². The van der Waals surface area contributed by atoms with Crippen LogP contribution >= 0.6 is 0 Å².